The Morgan fingerprint density at radius 2 is 1.89 bits per heavy atom. The lowest BCUT2D eigenvalue weighted by molar-refractivity contribution is 0.0715. The number of ether oxygens (including phenoxy) is 1. The summed E-state index contributed by atoms with van der Waals surface area (Å²) in [5, 5.41) is 5.07. The van der Waals surface area contributed by atoms with Crippen molar-refractivity contribution in [2.24, 2.45) is 0 Å². The fourth-order valence-corrected chi connectivity index (χ4v) is 3.36. The van der Waals surface area contributed by atoms with E-state index >= 15 is 0 Å². The van der Waals surface area contributed by atoms with Crippen LogP contribution in [-0.4, -0.2) is 17.1 Å². The first kappa shape index (κ1) is 20.4. The molecule has 0 unspecified atom stereocenters. The molecular weight excluding hydrogens is 389 g/mol. The van der Waals surface area contributed by atoms with Crippen molar-refractivity contribution in [3.8, 4) is 5.75 Å². The third kappa shape index (κ3) is 4.08. The number of aromatic nitrogens is 1. The zero-order valence-corrected chi connectivity index (χ0v) is 15.8. The standard InChI is InChI=1S/C21H19F3N2O.ClH/c22-10-14-9-15(2-4-18(14)23)27-21-6-5-20(21)26-12-17-16-7-8-25-11-13(16)1-3-19(17)24;/h1-4,7-9,11,20-21,26H,5-6,10,12H2;1H/t20-,21-;/m1./s1. The Morgan fingerprint density at radius 1 is 1.07 bits per heavy atom. The highest BCUT2D eigenvalue weighted by Crippen LogP contribution is 2.28. The molecule has 1 heterocycles. The van der Waals surface area contributed by atoms with Crippen molar-refractivity contribution in [3.63, 3.8) is 0 Å². The van der Waals surface area contributed by atoms with Crippen molar-refractivity contribution in [3.05, 3.63) is 71.6 Å². The molecule has 1 fully saturated rings. The zero-order valence-electron chi connectivity index (χ0n) is 15.0. The van der Waals surface area contributed by atoms with E-state index in [0.717, 1.165) is 23.6 Å². The van der Waals surface area contributed by atoms with Gasteiger partial charge in [-0.3, -0.25) is 4.98 Å². The molecule has 7 heteroatoms. The molecule has 2 atom stereocenters. The molecule has 0 amide bonds. The minimum atomic E-state index is -0.870. The topological polar surface area (TPSA) is 34.1 Å². The van der Waals surface area contributed by atoms with Gasteiger partial charge in [0.25, 0.3) is 0 Å². The summed E-state index contributed by atoms with van der Waals surface area (Å²) in [5.74, 6) is -0.388. The number of benzene rings is 2. The number of alkyl halides is 1. The van der Waals surface area contributed by atoms with Gasteiger partial charge >= 0.3 is 0 Å². The zero-order chi connectivity index (χ0) is 18.8. The second-order valence-electron chi connectivity index (χ2n) is 6.73. The van der Waals surface area contributed by atoms with Crippen LogP contribution in [0.3, 0.4) is 0 Å². The van der Waals surface area contributed by atoms with Crippen LogP contribution < -0.4 is 10.1 Å². The number of fused-ring (bicyclic) bond motifs is 1. The van der Waals surface area contributed by atoms with Crippen molar-refractivity contribution in [1.29, 1.82) is 0 Å². The molecular formula is C21H20ClF3N2O. The SMILES string of the molecule is Cl.FCc1cc(O[C@@H]2CC[C@H]2NCc2c(F)ccc3cnccc23)ccc1F. The van der Waals surface area contributed by atoms with Gasteiger partial charge in [-0.1, -0.05) is 0 Å². The van der Waals surface area contributed by atoms with Crippen molar-refractivity contribution in [2.45, 2.75) is 38.2 Å². The van der Waals surface area contributed by atoms with E-state index in [1.807, 2.05) is 0 Å². The minimum Gasteiger partial charge on any atom is -0.489 e. The highest BCUT2D eigenvalue weighted by atomic mass is 35.5. The average Bonchev–Trinajstić information content (AvgIpc) is 2.68. The van der Waals surface area contributed by atoms with Gasteiger partial charge in [-0.2, -0.15) is 0 Å². The molecule has 2 aromatic carbocycles. The van der Waals surface area contributed by atoms with Crippen molar-refractivity contribution < 1.29 is 17.9 Å². The van der Waals surface area contributed by atoms with Crippen LogP contribution in [0.25, 0.3) is 10.8 Å². The summed E-state index contributed by atoms with van der Waals surface area (Å²) in [7, 11) is 0. The van der Waals surface area contributed by atoms with Gasteiger partial charge < -0.3 is 10.1 Å². The lowest BCUT2D eigenvalue weighted by atomic mass is 9.88. The van der Waals surface area contributed by atoms with Gasteiger partial charge in [0.1, 0.15) is 30.2 Å². The molecule has 0 radical (unpaired) electrons. The summed E-state index contributed by atoms with van der Waals surface area (Å²) in [5.41, 5.74) is 0.588. The van der Waals surface area contributed by atoms with Crippen molar-refractivity contribution in [1.82, 2.24) is 10.3 Å². The second kappa shape index (κ2) is 8.80. The molecule has 1 saturated carbocycles. The predicted molar refractivity (Wildman–Crippen MR) is 104 cm³/mol. The van der Waals surface area contributed by atoms with Crippen LogP contribution in [0.4, 0.5) is 13.2 Å². The van der Waals surface area contributed by atoms with E-state index in [4.69, 9.17) is 4.74 Å². The smallest absolute Gasteiger partial charge is 0.129 e. The van der Waals surface area contributed by atoms with Crippen LogP contribution in [0.2, 0.25) is 0 Å². The number of halogens is 4. The Bertz CT molecular complexity index is 970. The van der Waals surface area contributed by atoms with Crippen LogP contribution >= 0.6 is 12.4 Å². The maximum atomic E-state index is 14.3. The number of rotatable bonds is 6. The summed E-state index contributed by atoms with van der Waals surface area (Å²) in [6.45, 7) is -0.499. The third-order valence-electron chi connectivity index (χ3n) is 5.08. The van der Waals surface area contributed by atoms with Gasteiger partial charge in [-0.05, 0) is 54.6 Å². The lowest BCUT2D eigenvalue weighted by Crippen LogP contribution is -2.50. The lowest BCUT2D eigenvalue weighted by Gasteiger charge is -2.37. The molecule has 28 heavy (non-hydrogen) atoms. The van der Waals surface area contributed by atoms with Gasteiger partial charge in [-0.15, -0.1) is 12.4 Å². The number of hydrogen-bond acceptors (Lipinski definition) is 3. The monoisotopic (exact) mass is 408 g/mol. The first-order valence-corrected chi connectivity index (χ1v) is 8.91. The number of nitrogens with zero attached hydrogens (tertiary/aromatic N) is 1. The van der Waals surface area contributed by atoms with E-state index in [2.05, 4.69) is 10.3 Å². The van der Waals surface area contributed by atoms with Crippen molar-refractivity contribution in [2.75, 3.05) is 0 Å². The maximum Gasteiger partial charge on any atom is 0.129 e. The van der Waals surface area contributed by atoms with Crippen LogP contribution in [0.5, 0.6) is 5.75 Å². The Kier molecular flexibility index (Phi) is 6.42. The summed E-state index contributed by atoms with van der Waals surface area (Å²) in [6, 6.07) is 9.13. The van der Waals surface area contributed by atoms with Gasteiger partial charge in [0.15, 0.2) is 0 Å². The van der Waals surface area contributed by atoms with E-state index in [9.17, 15) is 13.2 Å². The van der Waals surface area contributed by atoms with Crippen LogP contribution in [0.1, 0.15) is 24.0 Å². The summed E-state index contributed by atoms with van der Waals surface area (Å²) >= 11 is 0. The molecule has 1 aromatic heterocycles. The summed E-state index contributed by atoms with van der Waals surface area (Å²) in [6.07, 6.45) is 4.99. The van der Waals surface area contributed by atoms with Crippen LogP contribution in [0, 0.1) is 11.6 Å². The third-order valence-corrected chi connectivity index (χ3v) is 5.08. The molecule has 0 aliphatic heterocycles. The highest BCUT2D eigenvalue weighted by molar-refractivity contribution is 5.85. The van der Waals surface area contributed by atoms with E-state index in [0.29, 0.717) is 17.9 Å². The highest BCUT2D eigenvalue weighted by Gasteiger charge is 2.32. The van der Waals surface area contributed by atoms with Gasteiger partial charge in [-0.25, -0.2) is 13.2 Å². The number of hydrogen-bond donors (Lipinski definition) is 1. The second-order valence-corrected chi connectivity index (χ2v) is 6.73. The van der Waals surface area contributed by atoms with E-state index < -0.39 is 12.5 Å². The molecule has 148 valence electrons. The normalized spacial score (nSPS) is 18.4. The molecule has 1 aliphatic rings. The largest absolute Gasteiger partial charge is 0.489 e. The van der Waals surface area contributed by atoms with E-state index in [-0.39, 0.29) is 35.9 Å². The number of nitrogens with one attached hydrogen (secondary N) is 1. The molecule has 0 bridgehead atoms. The summed E-state index contributed by atoms with van der Waals surface area (Å²) in [4.78, 5) is 4.07. The number of pyridine rings is 1. The maximum absolute atomic E-state index is 14.3. The molecule has 3 aromatic rings. The summed E-state index contributed by atoms with van der Waals surface area (Å²) < 4.78 is 46.4. The Balaban J connectivity index is 0.00000225. The van der Waals surface area contributed by atoms with Gasteiger partial charge in [0.05, 0.1) is 0 Å². The Labute approximate surface area is 167 Å². The average molecular weight is 409 g/mol. The van der Waals surface area contributed by atoms with Crippen molar-refractivity contribution >= 4 is 23.2 Å². The molecule has 1 aliphatic carbocycles. The fraction of sp³-hybridized carbons (Fsp3) is 0.286. The Hall–Kier alpha value is -2.31. The molecule has 1 N–H and O–H groups in total. The minimum absolute atomic E-state index is 0. The van der Waals surface area contributed by atoms with Crippen LogP contribution in [0.15, 0.2) is 48.8 Å². The van der Waals surface area contributed by atoms with Gasteiger partial charge in [0, 0.05) is 41.5 Å². The quantitative estimate of drug-likeness (QED) is 0.616. The predicted octanol–water partition coefficient (Wildman–Crippen LogP) is 5.10. The fourth-order valence-electron chi connectivity index (χ4n) is 3.36. The molecule has 0 saturated heterocycles. The molecule has 0 spiro atoms. The van der Waals surface area contributed by atoms with E-state index in [1.54, 1.807) is 24.5 Å². The van der Waals surface area contributed by atoms with Crippen LogP contribution in [-0.2, 0) is 13.2 Å². The first-order chi connectivity index (χ1) is 13.2. The Morgan fingerprint density at radius 3 is 2.64 bits per heavy atom. The first-order valence-electron chi connectivity index (χ1n) is 8.91. The molecule has 4 rings (SSSR count). The van der Waals surface area contributed by atoms with Gasteiger partial charge in [0.2, 0.25) is 0 Å². The molecule has 3 nitrogen and oxygen atoms in total. The van der Waals surface area contributed by atoms with E-state index in [1.165, 1.54) is 24.3 Å².